The van der Waals surface area contributed by atoms with Gasteiger partial charge in [0.05, 0.1) is 25.2 Å². The quantitative estimate of drug-likeness (QED) is 0.370. The fraction of sp³-hybridized carbons (Fsp3) is 0.0909. The molecule has 0 saturated heterocycles. The van der Waals surface area contributed by atoms with E-state index in [0.29, 0.717) is 22.8 Å². The molecule has 4 rings (SSSR count). The number of carbonyl (C=O) groups excluding carboxylic acids is 1. The van der Waals surface area contributed by atoms with Gasteiger partial charge in [0, 0.05) is 22.7 Å². The van der Waals surface area contributed by atoms with Gasteiger partial charge in [-0.25, -0.2) is 5.43 Å². The molecule has 0 radical (unpaired) electrons. The zero-order valence-electron chi connectivity index (χ0n) is 15.7. The number of benzene rings is 2. The van der Waals surface area contributed by atoms with Crippen molar-refractivity contribution in [1.29, 1.82) is 0 Å². The third-order valence-electron chi connectivity index (χ3n) is 4.35. The van der Waals surface area contributed by atoms with Gasteiger partial charge in [-0.1, -0.05) is 12.1 Å². The van der Waals surface area contributed by atoms with Crippen LogP contribution in [0, 0.1) is 0 Å². The number of nitrogens with one attached hydrogen (secondary N) is 2. The summed E-state index contributed by atoms with van der Waals surface area (Å²) in [7, 11) is 1.58. The van der Waals surface area contributed by atoms with E-state index < -0.39 is 0 Å². The topological polar surface area (TPSA) is 88.9 Å². The second kappa shape index (κ2) is 8.35. The Balaban J connectivity index is 1.40. The Bertz CT molecular complexity index is 1150. The zero-order chi connectivity index (χ0) is 20.1. The summed E-state index contributed by atoms with van der Waals surface area (Å²) in [5.41, 5.74) is 5.09. The number of carbonyl (C=O) groups is 1. The normalized spacial score (nSPS) is 11.1. The first-order chi connectivity index (χ1) is 14.2. The highest BCUT2D eigenvalue weighted by Crippen LogP contribution is 2.33. The number of aromatic amines is 1. The van der Waals surface area contributed by atoms with Crippen LogP contribution in [0.3, 0.4) is 0 Å². The van der Waals surface area contributed by atoms with Crippen LogP contribution in [-0.4, -0.2) is 30.8 Å². The van der Waals surface area contributed by atoms with E-state index in [9.17, 15) is 4.79 Å². The van der Waals surface area contributed by atoms with Crippen molar-refractivity contribution in [2.24, 2.45) is 5.10 Å². The lowest BCUT2D eigenvalue weighted by Crippen LogP contribution is -2.24. The number of amides is 1. The van der Waals surface area contributed by atoms with Crippen molar-refractivity contribution < 1.29 is 18.7 Å². The zero-order valence-corrected chi connectivity index (χ0v) is 15.7. The maximum absolute atomic E-state index is 12.1. The van der Waals surface area contributed by atoms with Gasteiger partial charge in [-0.3, -0.25) is 4.79 Å². The van der Waals surface area contributed by atoms with Crippen molar-refractivity contribution >= 4 is 23.0 Å². The molecule has 0 unspecified atom stereocenters. The fourth-order valence-electron chi connectivity index (χ4n) is 2.96. The van der Waals surface area contributed by atoms with E-state index in [1.165, 1.54) is 0 Å². The molecule has 2 aromatic carbocycles. The maximum Gasteiger partial charge on any atom is 0.277 e. The molecule has 0 spiro atoms. The van der Waals surface area contributed by atoms with E-state index >= 15 is 0 Å². The van der Waals surface area contributed by atoms with Gasteiger partial charge in [0.15, 0.2) is 6.61 Å². The van der Waals surface area contributed by atoms with Crippen LogP contribution in [0.25, 0.3) is 22.2 Å². The molecular weight excluding hydrogens is 370 g/mol. The number of fused-ring (bicyclic) bond motifs is 1. The maximum atomic E-state index is 12.1. The molecule has 0 aliphatic rings. The molecule has 146 valence electrons. The van der Waals surface area contributed by atoms with Gasteiger partial charge in [0.25, 0.3) is 5.91 Å². The third kappa shape index (κ3) is 4.14. The van der Waals surface area contributed by atoms with Gasteiger partial charge >= 0.3 is 0 Å². The molecule has 1 amide bonds. The van der Waals surface area contributed by atoms with E-state index in [-0.39, 0.29) is 12.5 Å². The van der Waals surface area contributed by atoms with Crippen molar-refractivity contribution in [2.45, 2.75) is 0 Å². The highest BCUT2D eigenvalue weighted by Gasteiger charge is 2.12. The Hall–Kier alpha value is -4.00. The lowest BCUT2D eigenvalue weighted by atomic mass is 10.1. The van der Waals surface area contributed by atoms with Crippen LogP contribution in [0.1, 0.15) is 5.56 Å². The summed E-state index contributed by atoms with van der Waals surface area (Å²) in [5, 5.41) is 5.06. The molecule has 0 aliphatic heterocycles. The van der Waals surface area contributed by atoms with Crippen LogP contribution in [0.4, 0.5) is 0 Å². The molecule has 0 saturated carbocycles. The number of methoxy groups -OCH3 is 1. The highest BCUT2D eigenvalue weighted by molar-refractivity contribution is 5.98. The number of aromatic nitrogens is 1. The van der Waals surface area contributed by atoms with E-state index in [4.69, 9.17) is 13.9 Å². The predicted octanol–water partition coefficient (Wildman–Crippen LogP) is 3.97. The molecule has 29 heavy (non-hydrogen) atoms. The third-order valence-corrected chi connectivity index (χ3v) is 4.35. The molecule has 0 fully saturated rings. The van der Waals surface area contributed by atoms with Gasteiger partial charge in [-0.2, -0.15) is 5.10 Å². The summed E-state index contributed by atoms with van der Waals surface area (Å²) in [6, 6.07) is 16.7. The number of hydrogen-bond acceptors (Lipinski definition) is 5. The molecule has 2 heterocycles. The average Bonchev–Trinajstić information content (AvgIpc) is 3.44. The average molecular weight is 389 g/mol. The number of rotatable bonds is 7. The molecule has 0 aliphatic carbocycles. The minimum atomic E-state index is -0.372. The van der Waals surface area contributed by atoms with Gasteiger partial charge in [0.2, 0.25) is 0 Å². The van der Waals surface area contributed by atoms with Crippen LogP contribution in [0.15, 0.2) is 76.6 Å². The van der Waals surface area contributed by atoms with E-state index in [0.717, 1.165) is 16.5 Å². The van der Waals surface area contributed by atoms with E-state index in [1.54, 1.807) is 43.9 Å². The minimum absolute atomic E-state index is 0.189. The van der Waals surface area contributed by atoms with Gasteiger partial charge in [-0.05, 0) is 42.5 Å². The van der Waals surface area contributed by atoms with Crippen LogP contribution in [-0.2, 0) is 4.79 Å². The number of hydrazone groups is 1. The molecule has 0 bridgehead atoms. The summed E-state index contributed by atoms with van der Waals surface area (Å²) in [6.45, 7) is -0.189. The van der Waals surface area contributed by atoms with Crippen molar-refractivity contribution in [2.75, 3.05) is 13.7 Å². The number of H-pyrrole nitrogens is 1. The number of furan rings is 1. The smallest absolute Gasteiger partial charge is 0.277 e. The summed E-state index contributed by atoms with van der Waals surface area (Å²) in [6.07, 6.45) is 5.04. The van der Waals surface area contributed by atoms with Crippen LogP contribution < -0.4 is 14.9 Å². The first-order valence-corrected chi connectivity index (χ1v) is 8.97. The minimum Gasteiger partial charge on any atom is -0.497 e. The SMILES string of the molecule is COc1ccc(OCC(=O)N/N=C/c2cccc3[nH]ccc23)c(-c2ccco2)c1. The summed E-state index contributed by atoms with van der Waals surface area (Å²) < 4.78 is 16.4. The number of nitrogens with zero attached hydrogens (tertiary/aromatic N) is 1. The van der Waals surface area contributed by atoms with Crippen LogP contribution >= 0.6 is 0 Å². The Labute approximate surface area is 166 Å². The first-order valence-electron chi connectivity index (χ1n) is 8.97. The summed E-state index contributed by atoms with van der Waals surface area (Å²) in [5.74, 6) is 1.43. The van der Waals surface area contributed by atoms with Crippen LogP contribution in [0.5, 0.6) is 11.5 Å². The Morgan fingerprint density at radius 3 is 2.97 bits per heavy atom. The van der Waals surface area contributed by atoms with Crippen molar-refractivity contribution in [1.82, 2.24) is 10.4 Å². The molecule has 2 N–H and O–H groups in total. The van der Waals surface area contributed by atoms with Crippen LogP contribution in [0.2, 0.25) is 0 Å². The van der Waals surface area contributed by atoms with Gasteiger partial charge < -0.3 is 18.9 Å². The fourth-order valence-corrected chi connectivity index (χ4v) is 2.96. The molecule has 0 atom stereocenters. The predicted molar refractivity (Wildman–Crippen MR) is 110 cm³/mol. The van der Waals surface area contributed by atoms with Crippen molar-refractivity contribution in [3.05, 3.63) is 72.6 Å². The monoisotopic (exact) mass is 389 g/mol. The molecule has 4 aromatic rings. The highest BCUT2D eigenvalue weighted by atomic mass is 16.5. The largest absolute Gasteiger partial charge is 0.497 e. The molecule has 7 nitrogen and oxygen atoms in total. The Morgan fingerprint density at radius 1 is 1.21 bits per heavy atom. The number of ether oxygens (including phenoxy) is 2. The standard InChI is InChI=1S/C22H19N3O4/c1-27-16-7-8-21(18(12-16)20-6-3-11-28-20)29-14-22(26)25-24-13-15-4-2-5-19-17(15)9-10-23-19/h2-13,23H,14H2,1H3,(H,25,26)/b24-13+. The summed E-state index contributed by atoms with van der Waals surface area (Å²) in [4.78, 5) is 15.3. The van der Waals surface area contributed by atoms with Crippen molar-refractivity contribution in [3.8, 4) is 22.8 Å². The van der Waals surface area contributed by atoms with Gasteiger partial charge in [0.1, 0.15) is 17.3 Å². The Morgan fingerprint density at radius 2 is 2.14 bits per heavy atom. The first kappa shape index (κ1) is 18.4. The lowest BCUT2D eigenvalue weighted by Gasteiger charge is -2.11. The van der Waals surface area contributed by atoms with Gasteiger partial charge in [-0.15, -0.1) is 0 Å². The lowest BCUT2D eigenvalue weighted by molar-refractivity contribution is -0.123. The Kier molecular flexibility index (Phi) is 5.29. The number of hydrogen-bond donors (Lipinski definition) is 2. The second-order valence-electron chi connectivity index (χ2n) is 6.21. The molecular formula is C22H19N3O4. The van der Waals surface area contributed by atoms with Crippen molar-refractivity contribution in [3.63, 3.8) is 0 Å². The van der Waals surface area contributed by atoms with E-state index in [1.807, 2.05) is 36.5 Å². The molecule has 7 heteroatoms. The second-order valence-corrected chi connectivity index (χ2v) is 6.21. The summed E-state index contributed by atoms with van der Waals surface area (Å²) >= 11 is 0. The van der Waals surface area contributed by atoms with E-state index in [2.05, 4.69) is 15.5 Å². The molecule has 2 aromatic heterocycles.